The number of hydrogen-bond donors (Lipinski definition) is 7. The van der Waals surface area contributed by atoms with Crippen molar-refractivity contribution < 1.29 is 51.8 Å². The number of nitrogens with one attached hydrogen (secondary N) is 4. The van der Waals surface area contributed by atoms with Crippen LogP contribution in [0.3, 0.4) is 0 Å². The minimum atomic E-state index is -4.11. The van der Waals surface area contributed by atoms with Crippen molar-refractivity contribution in [3.8, 4) is 5.75 Å². The van der Waals surface area contributed by atoms with Crippen LogP contribution >= 0.6 is 0 Å². The van der Waals surface area contributed by atoms with Gasteiger partial charge in [-0.3, -0.25) is 29.0 Å². The molecule has 2 aliphatic heterocycles. The van der Waals surface area contributed by atoms with Crippen molar-refractivity contribution in [2.24, 2.45) is 22.4 Å². The number of sulfonamides is 1. The second-order valence-corrected chi connectivity index (χ2v) is 18.7. The van der Waals surface area contributed by atoms with Gasteiger partial charge in [-0.25, -0.2) is 17.9 Å². The Bertz CT molecular complexity index is 1940. The summed E-state index contributed by atoms with van der Waals surface area (Å²) in [5, 5.41) is 16.9. The molecule has 1 aromatic carbocycles. The zero-order valence-electron chi connectivity index (χ0n) is 35.7. The molecular weight excluding hydrogens is 789 g/mol. The Kier molecular flexibility index (Phi) is 15.9. The predicted octanol–water partition coefficient (Wildman–Crippen LogP) is 0.575. The van der Waals surface area contributed by atoms with Crippen molar-refractivity contribution >= 4 is 51.6 Å². The molecular formula is C39H62N8O11S. The monoisotopic (exact) mass is 850 g/mol. The van der Waals surface area contributed by atoms with Crippen LogP contribution in [0.5, 0.6) is 5.75 Å². The number of benzene rings is 1. The first-order chi connectivity index (χ1) is 27.2. The molecule has 2 heterocycles. The number of rotatable bonds is 17. The quantitative estimate of drug-likeness (QED) is 0.0489. The number of nitrogens with two attached hydrogens (primary N) is 2. The molecule has 20 heteroatoms. The number of fused-ring (bicyclic) bond motifs is 1. The van der Waals surface area contributed by atoms with Gasteiger partial charge in [-0.05, 0) is 104 Å². The maximum atomic E-state index is 13.5. The molecule has 4 amide bonds. The molecule has 0 aliphatic carbocycles. The lowest BCUT2D eigenvalue weighted by molar-refractivity contribution is -0.157. The largest absolute Gasteiger partial charge is 0.487 e. The Morgan fingerprint density at radius 1 is 1.03 bits per heavy atom. The molecule has 0 saturated carbocycles. The molecule has 0 aromatic heterocycles. The fraction of sp³-hybridized carbons (Fsp3) is 0.667. The molecule has 19 nitrogen and oxygen atoms in total. The number of carbonyl (C=O) groups excluding carboxylic acids is 5. The molecule has 59 heavy (non-hydrogen) atoms. The van der Waals surface area contributed by atoms with Crippen molar-refractivity contribution in [3.05, 3.63) is 22.3 Å². The highest BCUT2D eigenvalue weighted by Gasteiger charge is 2.40. The molecule has 2 aliphatic rings. The molecule has 330 valence electrons. The van der Waals surface area contributed by atoms with Gasteiger partial charge in [-0.2, -0.15) is 0 Å². The van der Waals surface area contributed by atoms with E-state index in [4.69, 9.17) is 20.9 Å². The third-order valence-corrected chi connectivity index (χ3v) is 11.6. The summed E-state index contributed by atoms with van der Waals surface area (Å²) in [6.07, 6.45) is 0.998. The number of esters is 1. The number of carboxylic acids is 1. The first-order valence-corrected chi connectivity index (χ1v) is 21.2. The lowest BCUT2D eigenvalue weighted by Gasteiger charge is -2.30. The second-order valence-electron chi connectivity index (χ2n) is 17.1. The lowest BCUT2D eigenvalue weighted by Crippen LogP contribution is -2.58. The van der Waals surface area contributed by atoms with Crippen LogP contribution in [-0.2, 0) is 49.9 Å². The van der Waals surface area contributed by atoms with Gasteiger partial charge < -0.3 is 46.9 Å². The van der Waals surface area contributed by atoms with E-state index in [1.807, 2.05) is 20.8 Å². The van der Waals surface area contributed by atoms with E-state index in [0.29, 0.717) is 29.7 Å². The minimum absolute atomic E-state index is 0.0229. The zero-order valence-corrected chi connectivity index (χ0v) is 36.6. The summed E-state index contributed by atoms with van der Waals surface area (Å²) in [4.78, 5) is 82.6. The highest BCUT2D eigenvalue weighted by Crippen LogP contribution is 2.43. The highest BCUT2D eigenvalue weighted by molar-refractivity contribution is 7.90. The number of amides is 4. The molecule has 0 spiro atoms. The van der Waals surface area contributed by atoms with Crippen molar-refractivity contribution in [2.75, 3.05) is 19.6 Å². The number of ether oxygens (including phenoxy) is 2. The molecule has 1 saturated heterocycles. The van der Waals surface area contributed by atoms with E-state index in [-0.39, 0.29) is 43.2 Å². The summed E-state index contributed by atoms with van der Waals surface area (Å²) in [5.74, 6) is -5.17. The Labute approximate surface area is 346 Å². The summed E-state index contributed by atoms with van der Waals surface area (Å²) in [6, 6.07) is -4.82. The lowest BCUT2D eigenvalue weighted by atomic mass is 9.94. The molecule has 0 unspecified atom stereocenters. The second kappa shape index (κ2) is 19.4. The van der Waals surface area contributed by atoms with E-state index < -0.39 is 99.8 Å². The highest BCUT2D eigenvalue weighted by atomic mass is 32.2. The SMILES string of the molecule is Cc1c(C)c(S(=O)(=O)NC(N)=NCCC[C@H](N)C(=O)NCC(=O)N[C@@H](CC(=O)OC(C)(C)C)C(=O)N[C@H](C(=O)N2CCC[C@H]2C(=O)O)C(C)C)c(C)c2c1OC(C)(C)C2. The molecule has 4 atom stereocenters. The number of carbonyl (C=O) groups is 6. The van der Waals surface area contributed by atoms with Crippen molar-refractivity contribution in [3.63, 3.8) is 0 Å². The fourth-order valence-electron chi connectivity index (χ4n) is 7.05. The molecule has 9 N–H and O–H groups in total. The molecule has 3 rings (SSSR count). The van der Waals surface area contributed by atoms with Crippen LogP contribution < -0.4 is 36.9 Å². The summed E-state index contributed by atoms with van der Waals surface area (Å²) < 4.78 is 40.7. The van der Waals surface area contributed by atoms with Gasteiger partial charge in [0.25, 0.3) is 10.0 Å². The van der Waals surface area contributed by atoms with Crippen molar-refractivity contribution in [2.45, 2.75) is 148 Å². The van der Waals surface area contributed by atoms with Crippen molar-refractivity contribution in [1.82, 2.24) is 25.6 Å². The zero-order chi connectivity index (χ0) is 44.8. The first kappa shape index (κ1) is 48.4. The Morgan fingerprint density at radius 2 is 1.68 bits per heavy atom. The van der Waals surface area contributed by atoms with Crippen LogP contribution in [0.4, 0.5) is 0 Å². The number of aliphatic carboxylic acids is 1. The number of likely N-dealkylation sites (tertiary alicyclic amines) is 1. The smallest absolute Gasteiger partial charge is 0.326 e. The summed E-state index contributed by atoms with van der Waals surface area (Å²) >= 11 is 0. The van der Waals surface area contributed by atoms with Gasteiger partial charge in [0.15, 0.2) is 0 Å². The van der Waals surface area contributed by atoms with Gasteiger partial charge in [-0.15, -0.1) is 0 Å². The van der Waals surface area contributed by atoms with Gasteiger partial charge >= 0.3 is 11.9 Å². The normalized spacial score (nSPS) is 17.9. The molecule has 0 bridgehead atoms. The number of aliphatic imine (C=N–C) groups is 1. The maximum Gasteiger partial charge on any atom is 0.326 e. The van der Waals surface area contributed by atoms with Gasteiger partial charge in [0.05, 0.1) is 23.9 Å². The number of guanidine groups is 1. The Morgan fingerprint density at radius 3 is 2.27 bits per heavy atom. The van der Waals surface area contributed by atoms with Crippen LogP contribution in [0.2, 0.25) is 0 Å². The standard InChI is InChI=1S/C39H62N8O11S/c1-20(2)30(35(52)47-16-12-14-27(47)36(53)54)45-34(51)26(17-29(49)57-38(6,7)8)44-28(48)19-43-33(50)25(40)13-11-15-42-37(41)46-59(55,56)32-22(4)21(3)31-24(23(32)5)18-39(9,10)58-31/h20,25-27,30H,11-19,40H2,1-10H3,(H,43,50)(H,44,48)(H,45,51)(H,53,54)(H3,41,42,46)/t25-,26-,27-,30-/m0/s1. The van der Waals surface area contributed by atoms with Gasteiger partial charge in [0.2, 0.25) is 29.6 Å². The summed E-state index contributed by atoms with van der Waals surface area (Å²) in [6.45, 7) is 16.9. The number of carboxylic acid groups (broad SMARTS) is 1. The number of nitrogens with zero attached hydrogens (tertiary/aromatic N) is 2. The summed E-state index contributed by atoms with van der Waals surface area (Å²) in [5.41, 5.74) is 13.3. The van der Waals surface area contributed by atoms with Crippen LogP contribution in [-0.4, -0.2) is 115 Å². The van der Waals surface area contributed by atoms with E-state index in [9.17, 15) is 42.3 Å². The van der Waals surface area contributed by atoms with E-state index in [1.165, 1.54) is 4.90 Å². The van der Waals surface area contributed by atoms with E-state index >= 15 is 0 Å². The van der Waals surface area contributed by atoms with E-state index in [2.05, 4.69) is 25.7 Å². The van der Waals surface area contributed by atoms with Crippen molar-refractivity contribution in [1.29, 1.82) is 0 Å². The van der Waals surface area contributed by atoms with Gasteiger partial charge in [-0.1, -0.05) is 13.8 Å². The predicted molar refractivity (Wildman–Crippen MR) is 218 cm³/mol. The van der Waals surface area contributed by atoms with Crippen LogP contribution in [0.1, 0.15) is 103 Å². The fourth-order valence-corrected chi connectivity index (χ4v) is 8.57. The topological polar surface area (TPSA) is 291 Å². The summed E-state index contributed by atoms with van der Waals surface area (Å²) in [7, 11) is -4.11. The molecule has 0 radical (unpaired) electrons. The number of hydrogen-bond acceptors (Lipinski definition) is 12. The van der Waals surface area contributed by atoms with Gasteiger partial charge in [0, 0.05) is 25.1 Å². The average molecular weight is 851 g/mol. The molecule has 1 fully saturated rings. The molecule has 1 aromatic rings. The average Bonchev–Trinajstić information content (AvgIpc) is 3.73. The van der Waals surface area contributed by atoms with E-state index in [0.717, 1.165) is 11.1 Å². The Balaban J connectivity index is 1.58. The van der Waals surface area contributed by atoms with Crippen LogP contribution in [0.25, 0.3) is 0 Å². The van der Waals surface area contributed by atoms with Crippen LogP contribution in [0, 0.1) is 26.7 Å². The maximum absolute atomic E-state index is 13.5. The first-order valence-electron chi connectivity index (χ1n) is 19.7. The third-order valence-electron chi connectivity index (χ3n) is 10.0. The van der Waals surface area contributed by atoms with Crippen LogP contribution in [0.15, 0.2) is 9.89 Å². The van der Waals surface area contributed by atoms with E-state index in [1.54, 1.807) is 48.5 Å². The minimum Gasteiger partial charge on any atom is -0.487 e. The third kappa shape index (κ3) is 13.0. The van der Waals surface area contributed by atoms with Gasteiger partial charge in [0.1, 0.15) is 35.1 Å². The Hall–Kier alpha value is -4.98.